The number of allylic oxidation sites excluding steroid dienone is 6. The highest BCUT2D eigenvalue weighted by Crippen LogP contribution is 2.47. The zero-order valence-electron chi connectivity index (χ0n) is 21.2. The molecule has 0 spiro atoms. The Kier molecular flexibility index (Phi) is 5.70. The fraction of sp³-hybridized carbons (Fsp3) is 0.194. The van der Waals surface area contributed by atoms with Crippen LogP contribution >= 0.6 is 0 Å². The van der Waals surface area contributed by atoms with E-state index in [1.165, 1.54) is 73.7 Å². The van der Waals surface area contributed by atoms with E-state index in [1.807, 2.05) is 12.4 Å². The van der Waals surface area contributed by atoms with Crippen molar-refractivity contribution in [3.63, 3.8) is 0 Å². The Morgan fingerprint density at radius 2 is 1.57 bits per heavy atom. The molecule has 1 atom stereocenters. The number of hydrogen-bond donors (Lipinski definition) is 0. The standard InChI is InChI=1S/C36H31N/c1-2-4-13-25(12-3-1)35-31-15-5-7-17-33(31)36(34-18-8-6-16-32(34)35)30-22-10-20-28-27(19-9-21-29(28)30)26-14-11-23-37-24-26/h3,5,7-15,17-18,20-24,27H,1-2,4,6,16,19H2. The maximum absolute atomic E-state index is 4.43. The summed E-state index contributed by atoms with van der Waals surface area (Å²) < 4.78 is 0. The van der Waals surface area contributed by atoms with Gasteiger partial charge in [-0.25, -0.2) is 0 Å². The van der Waals surface area contributed by atoms with E-state index in [2.05, 4.69) is 102 Å². The van der Waals surface area contributed by atoms with Gasteiger partial charge < -0.3 is 0 Å². The Bertz CT molecular complexity index is 1610. The summed E-state index contributed by atoms with van der Waals surface area (Å²) in [5, 5.41) is 2.73. The molecule has 1 nitrogen and oxygen atoms in total. The van der Waals surface area contributed by atoms with Gasteiger partial charge in [-0.05, 0) is 105 Å². The summed E-state index contributed by atoms with van der Waals surface area (Å²) in [6.45, 7) is 0. The normalized spacial score (nSPS) is 18.3. The monoisotopic (exact) mass is 477 g/mol. The van der Waals surface area contributed by atoms with Gasteiger partial charge in [0.05, 0.1) is 0 Å². The molecule has 0 bridgehead atoms. The van der Waals surface area contributed by atoms with Crippen LogP contribution in [0.4, 0.5) is 0 Å². The SMILES string of the molecule is C1=CC(c2c3c(c(-c4cccc5c4C=CCC5c4cccnc4)c4ccccc24)C=CCC3)=CCCC1. The quantitative estimate of drug-likeness (QED) is 0.286. The molecule has 1 heteroatoms. The molecule has 0 aliphatic heterocycles. The van der Waals surface area contributed by atoms with Crippen LogP contribution < -0.4 is 0 Å². The van der Waals surface area contributed by atoms with Gasteiger partial charge in [0, 0.05) is 18.3 Å². The first-order valence-corrected chi connectivity index (χ1v) is 13.7. The largest absolute Gasteiger partial charge is 0.264 e. The molecule has 0 radical (unpaired) electrons. The second-order valence-electron chi connectivity index (χ2n) is 10.4. The van der Waals surface area contributed by atoms with E-state index in [9.17, 15) is 0 Å². The molecule has 180 valence electrons. The molecule has 7 rings (SSSR count). The van der Waals surface area contributed by atoms with E-state index < -0.39 is 0 Å². The van der Waals surface area contributed by atoms with Crippen molar-refractivity contribution in [2.75, 3.05) is 0 Å². The fourth-order valence-electron chi connectivity index (χ4n) is 6.60. The van der Waals surface area contributed by atoms with Crippen LogP contribution in [0.5, 0.6) is 0 Å². The van der Waals surface area contributed by atoms with Crippen LogP contribution in [-0.2, 0) is 6.42 Å². The third kappa shape index (κ3) is 3.81. The van der Waals surface area contributed by atoms with E-state index in [0.717, 1.165) is 25.7 Å². The van der Waals surface area contributed by atoms with Crippen molar-refractivity contribution in [2.45, 2.75) is 44.4 Å². The zero-order valence-corrected chi connectivity index (χ0v) is 21.2. The Labute approximate surface area is 219 Å². The third-order valence-corrected chi connectivity index (χ3v) is 8.26. The van der Waals surface area contributed by atoms with Crippen LogP contribution in [0.1, 0.15) is 71.4 Å². The lowest BCUT2D eigenvalue weighted by atomic mass is 9.76. The minimum Gasteiger partial charge on any atom is -0.264 e. The van der Waals surface area contributed by atoms with Gasteiger partial charge in [0.1, 0.15) is 0 Å². The Morgan fingerprint density at radius 1 is 0.703 bits per heavy atom. The number of rotatable bonds is 3. The smallest absolute Gasteiger partial charge is 0.0306 e. The van der Waals surface area contributed by atoms with Gasteiger partial charge in [-0.3, -0.25) is 4.98 Å². The van der Waals surface area contributed by atoms with Crippen molar-refractivity contribution in [1.29, 1.82) is 0 Å². The summed E-state index contributed by atoms with van der Waals surface area (Å²) in [7, 11) is 0. The summed E-state index contributed by atoms with van der Waals surface area (Å²) in [6, 6.07) is 20.3. The highest BCUT2D eigenvalue weighted by molar-refractivity contribution is 6.09. The number of benzene rings is 3. The summed E-state index contributed by atoms with van der Waals surface area (Å²) >= 11 is 0. The van der Waals surface area contributed by atoms with Crippen LogP contribution in [0.3, 0.4) is 0 Å². The van der Waals surface area contributed by atoms with Gasteiger partial charge in [0.25, 0.3) is 0 Å². The Hall–Kier alpha value is -3.97. The highest BCUT2D eigenvalue weighted by Gasteiger charge is 2.26. The van der Waals surface area contributed by atoms with E-state index in [-0.39, 0.29) is 0 Å². The van der Waals surface area contributed by atoms with Gasteiger partial charge >= 0.3 is 0 Å². The number of hydrogen-bond acceptors (Lipinski definition) is 1. The van der Waals surface area contributed by atoms with Crippen molar-refractivity contribution in [1.82, 2.24) is 4.98 Å². The van der Waals surface area contributed by atoms with E-state index in [1.54, 1.807) is 0 Å². The van der Waals surface area contributed by atoms with Crippen LogP contribution in [0.15, 0.2) is 97.4 Å². The summed E-state index contributed by atoms with van der Waals surface area (Å²) in [4.78, 5) is 4.43. The predicted molar refractivity (Wildman–Crippen MR) is 157 cm³/mol. The van der Waals surface area contributed by atoms with Gasteiger partial charge in [0.15, 0.2) is 0 Å². The van der Waals surface area contributed by atoms with Gasteiger partial charge in [-0.1, -0.05) is 91.1 Å². The second-order valence-corrected chi connectivity index (χ2v) is 10.4. The van der Waals surface area contributed by atoms with E-state index in [4.69, 9.17) is 0 Å². The first-order chi connectivity index (χ1) is 18.4. The zero-order chi connectivity index (χ0) is 24.6. The van der Waals surface area contributed by atoms with Gasteiger partial charge in [0.2, 0.25) is 0 Å². The van der Waals surface area contributed by atoms with Crippen LogP contribution in [0.2, 0.25) is 0 Å². The van der Waals surface area contributed by atoms with Crippen molar-refractivity contribution in [3.05, 3.63) is 131 Å². The summed E-state index contributed by atoms with van der Waals surface area (Å²) in [5.41, 5.74) is 12.6. The van der Waals surface area contributed by atoms with E-state index in [0.29, 0.717) is 5.92 Å². The molecule has 37 heavy (non-hydrogen) atoms. The highest BCUT2D eigenvalue weighted by atomic mass is 14.6. The van der Waals surface area contributed by atoms with Crippen molar-refractivity contribution >= 4 is 28.5 Å². The first kappa shape index (κ1) is 22.2. The first-order valence-electron chi connectivity index (χ1n) is 13.7. The molecule has 3 aliphatic rings. The lowest BCUT2D eigenvalue weighted by molar-refractivity contribution is 0.814. The molecule has 4 aromatic rings. The lowest BCUT2D eigenvalue weighted by Gasteiger charge is -2.28. The van der Waals surface area contributed by atoms with Gasteiger partial charge in [-0.2, -0.15) is 0 Å². The molecular weight excluding hydrogens is 446 g/mol. The minimum absolute atomic E-state index is 0.340. The number of pyridine rings is 1. The average Bonchev–Trinajstić information content (AvgIpc) is 3.25. The summed E-state index contributed by atoms with van der Waals surface area (Å²) in [6.07, 6.45) is 27.3. The van der Waals surface area contributed by atoms with E-state index >= 15 is 0 Å². The molecular formula is C36H31N. The fourth-order valence-corrected chi connectivity index (χ4v) is 6.60. The van der Waals surface area contributed by atoms with Crippen molar-refractivity contribution in [3.8, 4) is 11.1 Å². The number of aromatic nitrogens is 1. The molecule has 1 aromatic heterocycles. The third-order valence-electron chi connectivity index (χ3n) is 8.26. The van der Waals surface area contributed by atoms with Gasteiger partial charge in [-0.15, -0.1) is 0 Å². The molecule has 3 aromatic carbocycles. The Balaban J connectivity index is 1.52. The molecule has 1 heterocycles. The molecule has 0 amide bonds. The van der Waals surface area contributed by atoms with Crippen molar-refractivity contribution in [2.24, 2.45) is 0 Å². The topological polar surface area (TPSA) is 12.9 Å². The molecule has 3 aliphatic carbocycles. The predicted octanol–water partition coefficient (Wildman–Crippen LogP) is 9.53. The summed E-state index contributed by atoms with van der Waals surface area (Å²) in [5.74, 6) is 0.340. The maximum Gasteiger partial charge on any atom is 0.0306 e. The molecule has 0 fully saturated rings. The lowest BCUT2D eigenvalue weighted by Crippen LogP contribution is -2.09. The Morgan fingerprint density at radius 3 is 2.46 bits per heavy atom. The maximum atomic E-state index is 4.43. The number of nitrogens with zero attached hydrogens (tertiary/aromatic N) is 1. The van der Waals surface area contributed by atoms with Crippen LogP contribution in [-0.4, -0.2) is 4.98 Å². The van der Waals surface area contributed by atoms with Crippen LogP contribution in [0, 0.1) is 0 Å². The molecule has 0 N–H and O–H groups in total. The van der Waals surface area contributed by atoms with Crippen LogP contribution in [0.25, 0.3) is 39.6 Å². The average molecular weight is 478 g/mol. The number of fused-ring (bicyclic) bond motifs is 3. The second kappa shape index (κ2) is 9.48. The van der Waals surface area contributed by atoms with Crippen molar-refractivity contribution < 1.29 is 0 Å². The molecule has 0 saturated heterocycles. The molecule has 1 unspecified atom stereocenters. The molecule has 0 saturated carbocycles. The minimum atomic E-state index is 0.340.